The highest BCUT2D eigenvalue weighted by atomic mass is 79.9. The Morgan fingerprint density at radius 3 is 2.33 bits per heavy atom. The topological polar surface area (TPSA) is 70.8 Å². The summed E-state index contributed by atoms with van der Waals surface area (Å²) in [5.41, 5.74) is 3.45. The van der Waals surface area contributed by atoms with Gasteiger partial charge in [0.25, 0.3) is 5.91 Å². The molecule has 1 fully saturated rings. The summed E-state index contributed by atoms with van der Waals surface area (Å²) >= 11 is 3.44. The fourth-order valence-corrected chi connectivity index (χ4v) is 5.56. The molecule has 30 heavy (non-hydrogen) atoms. The standard InChI is InChI=1S/C22H23BrN2O4S/c1-14-4-6-18(12-15(14)2)30(27,28)25-10-8-24(9-11-25)22(26)21-16(3)19-13-17(23)5-7-20(19)29-21/h4-7,12-13H,8-11H2,1-3H3. The van der Waals surface area contributed by atoms with Crippen molar-refractivity contribution in [3.8, 4) is 0 Å². The predicted octanol–water partition coefficient (Wildman–Crippen LogP) is 4.27. The maximum Gasteiger partial charge on any atom is 0.289 e. The first kappa shape index (κ1) is 21.1. The fourth-order valence-electron chi connectivity index (χ4n) is 3.70. The number of hydrogen-bond donors (Lipinski definition) is 0. The summed E-state index contributed by atoms with van der Waals surface area (Å²) in [5, 5.41) is 0.892. The zero-order valence-corrected chi connectivity index (χ0v) is 19.5. The van der Waals surface area contributed by atoms with Gasteiger partial charge in [-0.1, -0.05) is 22.0 Å². The monoisotopic (exact) mass is 490 g/mol. The van der Waals surface area contributed by atoms with Crippen molar-refractivity contribution in [3.05, 3.63) is 63.3 Å². The van der Waals surface area contributed by atoms with Gasteiger partial charge >= 0.3 is 0 Å². The molecule has 1 saturated heterocycles. The highest BCUT2D eigenvalue weighted by Crippen LogP contribution is 2.29. The first-order valence-electron chi connectivity index (χ1n) is 9.74. The van der Waals surface area contributed by atoms with E-state index in [0.717, 1.165) is 26.5 Å². The number of benzene rings is 2. The number of rotatable bonds is 3. The van der Waals surface area contributed by atoms with Crippen molar-refractivity contribution in [2.24, 2.45) is 0 Å². The van der Waals surface area contributed by atoms with E-state index in [9.17, 15) is 13.2 Å². The van der Waals surface area contributed by atoms with Gasteiger partial charge in [-0.25, -0.2) is 8.42 Å². The van der Waals surface area contributed by atoms with Crippen molar-refractivity contribution in [2.45, 2.75) is 25.7 Å². The van der Waals surface area contributed by atoms with Gasteiger partial charge in [0.15, 0.2) is 5.76 Å². The molecule has 0 bridgehead atoms. The van der Waals surface area contributed by atoms with Crippen LogP contribution in [0.25, 0.3) is 11.0 Å². The van der Waals surface area contributed by atoms with Gasteiger partial charge in [0.05, 0.1) is 4.90 Å². The Kier molecular flexibility index (Phi) is 5.50. The number of hydrogen-bond acceptors (Lipinski definition) is 4. The lowest BCUT2D eigenvalue weighted by molar-refractivity contribution is 0.0667. The van der Waals surface area contributed by atoms with E-state index in [2.05, 4.69) is 15.9 Å². The normalized spacial score (nSPS) is 15.7. The van der Waals surface area contributed by atoms with Crippen LogP contribution in [0.1, 0.15) is 27.2 Å². The second kappa shape index (κ2) is 7.83. The first-order valence-corrected chi connectivity index (χ1v) is 12.0. The number of carbonyl (C=O) groups is 1. The van der Waals surface area contributed by atoms with Crippen LogP contribution in [0.4, 0.5) is 0 Å². The number of furan rings is 1. The molecule has 1 aliphatic heterocycles. The summed E-state index contributed by atoms with van der Waals surface area (Å²) < 4.78 is 34.2. The van der Waals surface area contributed by atoms with E-state index in [0.29, 0.717) is 29.3 Å². The van der Waals surface area contributed by atoms with E-state index in [-0.39, 0.29) is 19.0 Å². The van der Waals surface area contributed by atoms with Crippen molar-refractivity contribution in [3.63, 3.8) is 0 Å². The SMILES string of the molecule is Cc1ccc(S(=O)(=O)N2CCN(C(=O)c3oc4ccc(Br)cc4c3C)CC2)cc1C. The largest absolute Gasteiger partial charge is 0.451 e. The molecule has 0 N–H and O–H groups in total. The van der Waals surface area contributed by atoms with E-state index in [1.165, 1.54) is 4.31 Å². The van der Waals surface area contributed by atoms with Gasteiger partial charge < -0.3 is 9.32 Å². The smallest absolute Gasteiger partial charge is 0.289 e. The van der Waals surface area contributed by atoms with E-state index in [1.807, 2.05) is 45.0 Å². The Morgan fingerprint density at radius 2 is 1.67 bits per heavy atom. The number of fused-ring (bicyclic) bond motifs is 1. The third-order valence-corrected chi connectivity index (χ3v) is 8.12. The summed E-state index contributed by atoms with van der Waals surface area (Å²) in [6, 6.07) is 10.8. The highest BCUT2D eigenvalue weighted by molar-refractivity contribution is 9.10. The Balaban J connectivity index is 1.51. The summed E-state index contributed by atoms with van der Waals surface area (Å²) in [5.74, 6) is 0.108. The number of amides is 1. The number of carbonyl (C=O) groups excluding carboxylic acids is 1. The van der Waals surface area contributed by atoms with Gasteiger partial charge in [-0.3, -0.25) is 4.79 Å². The zero-order chi connectivity index (χ0) is 21.6. The number of halogens is 1. The molecule has 0 saturated carbocycles. The Bertz CT molecular complexity index is 1240. The van der Waals surface area contributed by atoms with Gasteiger partial charge in [-0.05, 0) is 62.2 Å². The van der Waals surface area contributed by atoms with Crippen LogP contribution in [-0.4, -0.2) is 49.7 Å². The fraction of sp³-hybridized carbons (Fsp3) is 0.318. The summed E-state index contributed by atoms with van der Waals surface area (Å²) in [7, 11) is -3.58. The van der Waals surface area contributed by atoms with Crippen molar-refractivity contribution in [2.75, 3.05) is 26.2 Å². The molecule has 0 spiro atoms. The molecule has 3 aromatic rings. The molecule has 8 heteroatoms. The molecule has 2 aromatic carbocycles. The van der Waals surface area contributed by atoms with Crippen molar-refractivity contribution in [1.82, 2.24) is 9.21 Å². The molecule has 2 heterocycles. The van der Waals surface area contributed by atoms with Crippen molar-refractivity contribution >= 4 is 42.8 Å². The molecule has 4 rings (SSSR count). The third-order valence-electron chi connectivity index (χ3n) is 5.73. The lowest BCUT2D eigenvalue weighted by Crippen LogP contribution is -2.50. The summed E-state index contributed by atoms with van der Waals surface area (Å²) in [4.78, 5) is 15.0. The molecule has 0 aliphatic carbocycles. The maximum absolute atomic E-state index is 13.0. The molecular weight excluding hydrogens is 468 g/mol. The van der Waals surface area contributed by atoms with Crippen LogP contribution in [0.15, 0.2) is 50.2 Å². The second-order valence-electron chi connectivity index (χ2n) is 7.64. The van der Waals surface area contributed by atoms with Gasteiger partial charge in [0.1, 0.15) is 5.58 Å². The Hall–Kier alpha value is -2.16. The Labute approximate surface area is 184 Å². The number of nitrogens with zero attached hydrogens (tertiary/aromatic N) is 2. The molecular formula is C22H23BrN2O4S. The van der Waals surface area contributed by atoms with Crippen LogP contribution in [0.2, 0.25) is 0 Å². The van der Waals surface area contributed by atoms with Gasteiger partial charge in [0, 0.05) is 41.6 Å². The van der Waals surface area contributed by atoms with E-state index < -0.39 is 10.0 Å². The lowest BCUT2D eigenvalue weighted by atomic mass is 10.1. The lowest BCUT2D eigenvalue weighted by Gasteiger charge is -2.33. The van der Waals surface area contributed by atoms with Gasteiger partial charge in [-0.2, -0.15) is 4.31 Å². The molecule has 0 radical (unpaired) electrons. The predicted molar refractivity (Wildman–Crippen MR) is 119 cm³/mol. The third kappa shape index (κ3) is 3.68. The number of piperazine rings is 1. The number of aryl methyl sites for hydroxylation is 3. The van der Waals surface area contributed by atoms with E-state index in [4.69, 9.17) is 4.42 Å². The minimum absolute atomic E-state index is 0.206. The summed E-state index contributed by atoms with van der Waals surface area (Å²) in [6.07, 6.45) is 0. The molecule has 1 aromatic heterocycles. The van der Waals surface area contributed by atoms with Crippen LogP contribution in [-0.2, 0) is 10.0 Å². The average Bonchev–Trinajstić information content (AvgIpc) is 3.05. The minimum atomic E-state index is -3.58. The van der Waals surface area contributed by atoms with Crippen molar-refractivity contribution in [1.29, 1.82) is 0 Å². The summed E-state index contributed by atoms with van der Waals surface area (Å²) in [6.45, 7) is 6.88. The van der Waals surface area contributed by atoms with Crippen LogP contribution in [0.5, 0.6) is 0 Å². The van der Waals surface area contributed by atoms with Crippen molar-refractivity contribution < 1.29 is 17.6 Å². The molecule has 6 nitrogen and oxygen atoms in total. The number of sulfonamides is 1. The minimum Gasteiger partial charge on any atom is -0.451 e. The Morgan fingerprint density at radius 1 is 0.967 bits per heavy atom. The maximum atomic E-state index is 13.0. The van der Waals surface area contributed by atoms with E-state index in [1.54, 1.807) is 17.0 Å². The molecule has 0 atom stereocenters. The van der Waals surface area contributed by atoms with Crippen LogP contribution in [0.3, 0.4) is 0 Å². The first-order chi connectivity index (χ1) is 14.2. The van der Waals surface area contributed by atoms with Crippen LogP contribution < -0.4 is 0 Å². The second-order valence-corrected chi connectivity index (χ2v) is 10.5. The highest BCUT2D eigenvalue weighted by Gasteiger charge is 2.32. The zero-order valence-electron chi connectivity index (χ0n) is 17.1. The molecule has 158 valence electrons. The van der Waals surface area contributed by atoms with Gasteiger partial charge in [0.2, 0.25) is 10.0 Å². The van der Waals surface area contributed by atoms with Crippen LogP contribution in [0, 0.1) is 20.8 Å². The van der Waals surface area contributed by atoms with E-state index >= 15 is 0 Å². The van der Waals surface area contributed by atoms with Crippen LogP contribution >= 0.6 is 15.9 Å². The molecule has 1 aliphatic rings. The molecule has 1 amide bonds. The quantitative estimate of drug-likeness (QED) is 0.549. The molecule has 0 unspecified atom stereocenters. The van der Waals surface area contributed by atoms with Gasteiger partial charge in [-0.15, -0.1) is 0 Å². The average molecular weight is 491 g/mol.